The first-order chi connectivity index (χ1) is 17.2. The Balaban J connectivity index is 1.82. The number of aromatic hydroxyl groups is 1. The molecule has 2 heterocycles. The predicted octanol–water partition coefficient (Wildman–Crippen LogP) is 7.24. The van der Waals surface area contributed by atoms with Crippen LogP contribution >= 0.6 is 11.6 Å². The van der Waals surface area contributed by atoms with E-state index in [4.69, 9.17) is 30.5 Å². The summed E-state index contributed by atoms with van der Waals surface area (Å²) in [6.07, 6.45) is 4.10. The highest BCUT2D eigenvalue weighted by atomic mass is 35.5. The SMILES string of the molecule is COc1ccc(/C=C2\Oc3ccc(O)c(OC)c3-c3ccc4c(c32)C(C)=CC(C)(C)N4)c(Cl)c1OC. The molecule has 2 aliphatic rings. The zero-order chi connectivity index (χ0) is 25.8. The number of benzene rings is 3. The van der Waals surface area contributed by atoms with Gasteiger partial charge in [-0.05, 0) is 62.8 Å². The van der Waals surface area contributed by atoms with Crippen LogP contribution in [0.3, 0.4) is 0 Å². The van der Waals surface area contributed by atoms with Gasteiger partial charge in [-0.3, -0.25) is 0 Å². The molecule has 0 radical (unpaired) electrons. The number of ether oxygens (including phenoxy) is 4. The second kappa shape index (κ2) is 8.71. The van der Waals surface area contributed by atoms with Crippen molar-refractivity contribution in [1.29, 1.82) is 0 Å². The molecule has 0 saturated carbocycles. The molecule has 186 valence electrons. The molecule has 0 aromatic heterocycles. The van der Waals surface area contributed by atoms with Gasteiger partial charge in [-0.2, -0.15) is 0 Å². The lowest BCUT2D eigenvalue weighted by Gasteiger charge is -2.35. The van der Waals surface area contributed by atoms with Crippen molar-refractivity contribution in [3.63, 3.8) is 0 Å². The number of fused-ring (bicyclic) bond motifs is 5. The first-order valence-electron chi connectivity index (χ1n) is 11.5. The van der Waals surface area contributed by atoms with Gasteiger partial charge in [-0.1, -0.05) is 23.7 Å². The molecule has 0 amide bonds. The summed E-state index contributed by atoms with van der Waals surface area (Å²) in [5.41, 5.74) is 6.11. The third-order valence-electron chi connectivity index (χ3n) is 6.47. The number of halogens is 1. The van der Waals surface area contributed by atoms with Gasteiger partial charge in [0.1, 0.15) is 11.5 Å². The van der Waals surface area contributed by atoms with E-state index in [-0.39, 0.29) is 11.3 Å². The summed E-state index contributed by atoms with van der Waals surface area (Å²) in [6.45, 7) is 6.36. The van der Waals surface area contributed by atoms with E-state index >= 15 is 0 Å². The Morgan fingerprint density at radius 1 is 0.917 bits per heavy atom. The van der Waals surface area contributed by atoms with Gasteiger partial charge in [0.2, 0.25) is 0 Å². The highest BCUT2D eigenvalue weighted by Crippen LogP contribution is 2.54. The van der Waals surface area contributed by atoms with Crippen LogP contribution in [0, 0.1) is 0 Å². The lowest BCUT2D eigenvalue weighted by molar-refractivity contribution is 0.355. The fourth-order valence-electron chi connectivity index (χ4n) is 5.11. The Bertz CT molecular complexity index is 1450. The first kappa shape index (κ1) is 23.9. The highest BCUT2D eigenvalue weighted by Gasteiger charge is 2.33. The smallest absolute Gasteiger partial charge is 0.179 e. The van der Waals surface area contributed by atoms with Crippen molar-refractivity contribution in [1.82, 2.24) is 0 Å². The lowest BCUT2D eigenvalue weighted by atomic mass is 9.82. The van der Waals surface area contributed by atoms with Crippen LogP contribution in [-0.4, -0.2) is 32.0 Å². The van der Waals surface area contributed by atoms with Crippen molar-refractivity contribution in [3.8, 4) is 39.9 Å². The van der Waals surface area contributed by atoms with Crippen LogP contribution in [0.5, 0.6) is 28.7 Å². The van der Waals surface area contributed by atoms with Gasteiger partial charge in [0.15, 0.2) is 23.0 Å². The van der Waals surface area contributed by atoms with E-state index in [1.807, 2.05) is 24.3 Å². The molecule has 0 saturated heterocycles. The molecule has 36 heavy (non-hydrogen) atoms. The van der Waals surface area contributed by atoms with Crippen LogP contribution < -0.4 is 24.3 Å². The van der Waals surface area contributed by atoms with Gasteiger partial charge in [-0.15, -0.1) is 0 Å². The number of allylic oxidation sites excluding steroid dienone is 1. The molecular formula is C29H28ClNO5. The number of phenols is 1. The Morgan fingerprint density at radius 2 is 1.67 bits per heavy atom. The minimum absolute atomic E-state index is 0.0467. The minimum atomic E-state index is -0.203. The average molecular weight is 506 g/mol. The summed E-state index contributed by atoms with van der Waals surface area (Å²) < 4.78 is 23.0. The Labute approximate surface area is 215 Å². The Kier molecular flexibility index (Phi) is 5.80. The fourth-order valence-corrected chi connectivity index (χ4v) is 5.39. The largest absolute Gasteiger partial charge is 0.504 e. The summed E-state index contributed by atoms with van der Waals surface area (Å²) in [7, 11) is 4.67. The number of methoxy groups -OCH3 is 3. The van der Waals surface area contributed by atoms with E-state index in [2.05, 4.69) is 38.2 Å². The zero-order valence-electron chi connectivity index (χ0n) is 21.1. The molecule has 0 unspecified atom stereocenters. The van der Waals surface area contributed by atoms with Crippen molar-refractivity contribution in [3.05, 3.63) is 64.2 Å². The summed E-state index contributed by atoms with van der Waals surface area (Å²) in [6, 6.07) is 11.1. The van der Waals surface area contributed by atoms with Gasteiger partial charge in [0, 0.05) is 27.9 Å². The molecule has 0 bridgehead atoms. The second-order valence-electron chi connectivity index (χ2n) is 9.39. The van der Waals surface area contributed by atoms with Crippen LogP contribution in [0.15, 0.2) is 42.5 Å². The van der Waals surface area contributed by atoms with E-state index < -0.39 is 0 Å². The van der Waals surface area contributed by atoms with Crippen LogP contribution in [0.4, 0.5) is 5.69 Å². The van der Waals surface area contributed by atoms with Gasteiger partial charge < -0.3 is 29.4 Å². The maximum Gasteiger partial charge on any atom is 0.179 e. The summed E-state index contributed by atoms with van der Waals surface area (Å²) >= 11 is 6.74. The number of anilines is 1. The van der Waals surface area contributed by atoms with Crippen LogP contribution in [0.2, 0.25) is 5.02 Å². The third kappa shape index (κ3) is 3.73. The standard InChI is InChI=1S/C29H28ClNO5/c1-15-14-29(2,3)31-18-9-8-17-24(23(15)18)22(36-20-12-10-19(32)27(34-5)25(17)20)13-16-7-11-21(33-4)28(35-6)26(16)30/h7-14,31-32H,1-6H3/b22-13-. The van der Waals surface area contributed by atoms with Crippen molar-refractivity contribution in [2.24, 2.45) is 0 Å². The van der Waals surface area contributed by atoms with Gasteiger partial charge in [0.25, 0.3) is 0 Å². The maximum atomic E-state index is 10.5. The summed E-state index contributed by atoms with van der Waals surface area (Å²) in [5, 5.41) is 14.6. The van der Waals surface area contributed by atoms with E-state index in [0.717, 1.165) is 28.0 Å². The Hall–Kier alpha value is -3.77. The molecule has 6 nitrogen and oxygen atoms in total. The zero-order valence-corrected chi connectivity index (χ0v) is 21.8. The molecular weight excluding hydrogens is 478 g/mol. The quantitative estimate of drug-likeness (QED) is 0.389. The fraction of sp³-hybridized carbons (Fsp3) is 0.241. The number of rotatable bonds is 4. The van der Waals surface area contributed by atoms with Crippen LogP contribution in [0.1, 0.15) is 37.5 Å². The molecule has 0 aliphatic carbocycles. The molecule has 3 aromatic carbocycles. The Morgan fingerprint density at radius 3 is 2.36 bits per heavy atom. The second-order valence-corrected chi connectivity index (χ2v) is 9.77. The normalized spacial score (nSPS) is 16.1. The van der Waals surface area contributed by atoms with Gasteiger partial charge in [0.05, 0.1) is 37.5 Å². The van der Waals surface area contributed by atoms with E-state index in [1.165, 1.54) is 7.11 Å². The molecule has 0 fully saturated rings. The summed E-state index contributed by atoms with van der Waals surface area (Å²) in [5.74, 6) is 2.60. The lowest BCUT2D eigenvalue weighted by Crippen LogP contribution is -2.32. The average Bonchev–Trinajstić information content (AvgIpc) is 2.84. The van der Waals surface area contributed by atoms with Crippen molar-refractivity contribution in [2.75, 3.05) is 26.6 Å². The van der Waals surface area contributed by atoms with Gasteiger partial charge in [-0.25, -0.2) is 0 Å². The van der Waals surface area contributed by atoms with Crippen molar-refractivity contribution < 1.29 is 24.1 Å². The molecule has 3 aromatic rings. The minimum Gasteiger partial charge on any atom is -0.504 e. The first-order valence-corrected chi connectivity index (χ1v) is 11.9. The molecule has 5 rings (SSSR count). The molecule has 0 atom stereocenters. The predicted molar refractivity (Wildman–Crippen MR) is 145 cm³/mol. The monoisotopic (exact) mass is 505 g/mol. The van der Waals surface area contributed by atoms with E-state index in [9.17, 15) is 5.11 Å². The number of nitrogens with one attached hydrogen (secondary N) is 1. The van der Waals surface area contributed by atoms with Crippen LogP contribution in [-0.2, 0) is 0 Å². The van der Waals surface area contributed by atoms with Crippen molar-refractivity contribution in [2.45, 2.75) is 26.3 Å². The van der Waals surface area contributed by atoms with E-state index in [0.29, 0.717) is 44.9 Å². The summed E-state index contributed by atoms with van der Waals surface area (Å²) in [4.78, 5) is 0. The van der Waals surface area contributed by atoms with Crippen LogP contribution in [0.25, 0.3) is 28.5 Å². The molecule has 0 spiro atoms. The number of hydrogen-bond acceptors (Lipinski definition) is 6. The van der Waals surface area contributed by atoms with E-state index in [1.54, 1.807) is 26.4 Å². The van der Waals surface area contributed by atoms with Crippen molar-refractivity contribution >= 4 is 34.7 Å². The molecule has 2 N–H and O–H groups in total. The molecule has 2 aliphatic heterocycles. The molecule has 7 heteroatoms. The topological polar surface area (TPSA) is 69.2 Å². The number of hydrogen-bond donors (Lipinski definition) is 2. The van der Waals surface area contributed by atoms with Gasteiger partial charge >= 0.3 is 0 Å². The number of phenolic OH excluding ortho intramolecular Hbond substituents is 1. The highest BCUT2D eigenvalue weighted by molar-refractivity contribution is 6.34. The maximum absolute atomic E-state index is 10.5. The third-order valence-corrected chi connectivity index (χ3v) is 6.86.